The van der Waals surface area contributed by atoms with Gasteiger partial charge in [0.25, 0.3) is 5.91 Å². The van der Waals surface area contributed by atoms with Gasteiger partial charge in [-0.25, -0.2) is 8.42 Å². The Kier molecular flexibility index (Phi) is 4.34. The van der Waals surface area contributed by atoms with Crippen molar-refractivity contribution in [2.45, 2.75) is 18.7 Å². The monoisotopic (exact) mass is 366 g/mol. The molecule has 0 radical (unpaired) electrons. The van der Waals surface area contributed by atoms with E-state index in [1.807, 2.05) is 13.1 Å². The summed E-state index contributed by atoms with van der Waals surface area (Å²) >= 11 is 1.45. The zero-order valence-electron chi connectivity index (χ0n) is 14.4. The van der Waals surface area contributed by atoms with E-state index in [1.165, 1.54) is 17.6 Å². The molecule has 0 aliphatic carbocycles. The minimum absolute atomic E-state index is 0.0124. The highest BCUT2D eigenvalue weighted by atomic mass is 32.2. The van der Waals surface area contributed by atoms with E-state index in [-0.39, 0.29) is 5.91 Å². The molecule has 0 saturated carbocycles. The topological polar surface area (TPSA) is 57.7 Å². The van der Waals surface area contributed by atoms with Gasteiger partial charge in [-0.15, -0.1) is 11.3 Å². The van der Waals surface area contributed by atoms with Crippen LogP contribution in [0.1, 0.15) is 23.5 Å². The van der Waals surface area contributed by atoms with Crippen LogP contribution in [0.25, 0.3) is 10.1 Å². The number of rotatable bonds is 3. The van der Waals surface area contributed by atoms with E-state index in [2.05, 4.69) is 18.7 Å². The fourth-order valence-electron chi connectivity index (χ4n) is 3.03. The fourth-order valence-corrected chi connectivity index (χ4v) is 4.88. The number of likely N-dealkylation sites (N-methyl/N-ethyl adjacent to an activating group) is 1. The molecule has 24 heavy (non-hydrogen) atoms. The van der Waals surface area contributed by atoms with Crippen molar-refractivity contribution in [2.75, 3.05) is 37.8 Å². The summed E-state index contributed by atoms with van der Waals surface area (Å²) in [6.45, 7) is 6.55. The van der Waals surface area contributed by atoms with Gasteiger partial charge in [-0.3, -0.25) is 4.79 Å². The second-order valence-electron chi connectivity index (χ2n) is 6.78. The van der Waals surface area contributed by atoms with Crippen LogP contribution in [-0.4, -0.2) is 52.2 Å². The lowest BCUT2D eigenvalue weighted by Crippen LogP contribution is -2.33. The summed E-state index contributed by atoms with van der Waals surface area (Å²) in [6, 6.07) is 5.15. The van der Waals surface area contributed by atoms with Crippen LogP contribution in [0, 0.1) is 5.92 Å². The van der Waals surface area contributed by atoms with Crippen molar-refractivity contribution in [1.82, 2.24) is 4.90 Å². The average molecular weight is 367 g/mol. The summed E-state index contributed by atoms with van der Waals surface area (Å²) < 4.78 is 24.8. The number of thiophene rings is 1. The highest BCUT2D eigenvalue weighted by Crippen LogP contribution is 2.41. The standard InChI is InChI=1S/C17H22N2O3S2/c1-11(2)10-19-8-7-18(3)17(20)16-15(19)13-9-12(24(4,21)22)5-6-14(13)23-16/h5-6,9,11H,7-8,10H2,1-4H3. The van der Waals surface area contributed by atoms with Crippen LogP contribution in [0.4, 0.5) is 5.69 Å². The summed E-state index contributed by atoms with van der Waals surface area (Å²) in [5.74, 6) is 0.461. The average Bonchev–Trinajstić information content (AvgIpc) is 2.82. The highest BCUT2D eigenvalue weighted by molar-refractivity contribution is 7.90. The van der Waals surface area contributed by atoms with Crippen LogP contribution in [0.3, 0.4) is 0 Å². The van der Waals surface area contributed by atoms with Gasteiger partial charge < -0.3 is 9.80 Å². The van der Waals surface area contributed by atoms with Crippen molar-refractivity contribution < 1.29 is 13.2 Å². The SMILES string of the molecule is CC(C)CN1CCN(C)C(=O)c2sc3ccc(S(C)(=O)=O)cc3c21. The van der Waals surface area contributed by atoms with E-state index in [4.69, 9.17) is 0 Å². The summed E-state index contributed by atoms with van der Waals surface area (Å²) in [6.07, 6.45) is 1.21. The van der Waals surface area contributed by atoms with Crippen molar-refractivity contribution >= 4 is 42.9 Å². The van der Waals surface area contributed by atoms with E-state index in [1.54, 1.807) is 17.0 Å². The van der Waals surface area contributed by atoms with Crippen LogP contribution in [0.2, 0.25) is 0 Å². The van der Waals surface area contributed by atoms with Gasteiger partial charge >= 0.3 is 0 Å². The number of sulfone groups is 1. The number of amides is 1. The molecule has 0 bridgehead atoms. The molecule has 1 amide bonds. The number of fused-ring (bicyclic) bond motifs is 3. The lowest BCUT2D eigenvalue weighted by molar-refractivity contribution is 0.0809. The van der Waals surface area contributed by atoms with Crippen LogP contribution >= 0.6 is 11.3 Å². The quantitative estimate of drug-likeness (QED) is 0.838. The van der Waals surface area contributed by atoms with Crippen molar-refractivity contribution in [2.24, 2.45) is 5.92 Å². The van der Waals surface area contributed by atoms with Gasteiger partial charge in [0.15, 0.2) is 9.84 Å². The first-order chi connectivity index (χ1) is 11.2. The maximum atomic E-state index is 12.7. The molecule has 1 aromatic heterocycles. The van der Waals surface area contributed by atoms with E-state index >= 15 is 0 Å². The minimum atomic E-state index is -3.28. The maximum Gasteiger partial charge on any atom is 0.265 e. The zero-order valence-corrected chi connectivity index (χ0v) is 16.0. The Morgan fingerprint density at radius 1 is 1.25 bits per heavy atom. The molecular formula is C17H22N2O3S2. The molecule has 2 aromatic rings. The summed E-state index contributed by atoms with van der Waals surface area (Å²) in [5.41, 5.74) is 0.892. The Labute approximate surface area is 146 Å². The largest absolute Gasteiger partial charge is 0.368 e. The zero-order chi connectivity index (χ0) is 17.6. The normalized spacial score (nSPS) is 16.0. The predicted molar refractivity (Wildman–Crippen MR) is 98.9 cm³/mol. The number of anilines is 1. The van der Waals surface area contributed by atoms with E-state index in [9.17, 15) is 13.2 Å². The molecule has 1 aromatic carbocycles. The van der Waals surface area contributed by atoms with Crippen molar-refractivity contribution in [3.05, 3.63) is 23.1 Å². The molecule has 7 heteroatoms. The first kappa shape index (κ1) is 17.2. The molecule has 0 spiro atoms. The van der Waals surface area contributed by atoms with Crippen LogP contribution in [0.5, 0.6) is 0 Å². The number of carbonyl (C=O) groups is 1. The smallest absolute Gasteiger partial charge is 0.265 e. The van der Waals surface area contributed by atoms with Crippen LogP contribution in [-0.2, 0) is 9.84 Å². The molecule has 0 unspecified atom stereocenters. The third-order valence-electron chi connectivity index (χ3n) is 4.21. The van der Waals surface area contributed by atoms with Crippen molar-refractivity contribution in [1.29, 1.82) is 0 Å². The molecule has 130 valence electrons. The molecule has 0 fully saturated rings. The molecule has 2 heterocycles. The lowest BCUT2D eigenvalue weighted by Gasteiger charge is -2.25. The van der Waals surface area contributed by atoms with Gasteiger partial charge in [-0.1, -0.05) is 13.8 Å². The summed E-state index contributed by atoms with van der Waals surface area (Å²) in [7, 11) is -1.47. The third kappa shape index (κ3) is 3.02. The number of carbonyl (C=O) groups excluding carboxylic acids is 1. The maximum absolute atomic E-state index is 12.7. The Bertz CT molecular complexity index is 900. The van der Waals surface area contributed by atoms with Crippen LogP contribution in [0.15, 0.2) is 23.1 Å². The van der Waals surface area contributed by atoms with E-state index in [0.717, 1.165) is 28.9 Å². The van der Waals surface area contributed by atoms with Crippen molar-refractivity contribution in [3.63, 3.8) is 0 Å². The molecule has 0 atom stereocenters. The first-order valence-corrected chi connectivity index (χ1v) is 10.7. The van der Waals surface area contributed by atoms with Gasteiger partial charge in [-0.05, 0) is 24.1 Å². The number of nitrogens with zero attached hydrogens (tertiary/aromatic N) is 2. The Hall–Kier alpha value is -1.60. The second-order valence-corrected chi connectivity index (χ2v) is 9.84. The highest BCUT2D eigenvalue weighted by Gasteiger charge is 2.29. The summed E-state index contributed by atoms with van der Waals surface area (Å²) in [5, 5.41) is 0.863. The van der Waals surface area contributed by atoms with Gasteiger partial charge in [0, 0.05) is 43.0 Å². The molecule has 3 rings (SSSR count). The molecule has 5 nitrogen and oxygen atoms in total. The second kappa shape index (κ2) is 6.04. The Balaban J connectivity index is 2.27. The molecule has 1 aliphatic rings. The van der Waals surface area contributed by atoms with Gasteiger partial charge in [0.05, 0.1) is 10.6 Å². The lowest BCUT2D eigenvalue weighted by atomic mass is 10.1. The third-order valence-corrected chi connectivity index (χ3v) is 6.47. The van der Waals surface area contributed by atoms with Gasteiger partial charge in [0.2, 0.25) is 0 Å². The summed E-state index contributed by atoms with van der Waals surface area (Å²) in [4.78, 5) is 17.7. The van der Waals surface area contributed by atoms with E-state index < -0.39 is 9.84 Å². The van der Waals surface area contributed by atoms with E-state index in [0.29, 0.717) is 22.2 Å². The fraction of sp³-hybridized carbons (Fsp3) is 0.471. The molecular weight excluding hydrogens is 344 g/mol. The molecule has 1 aliphatic heterocycles. The number of benzene rings is 1. The van der Waals surface area contributed by atoms with Gasteiger partial charge in [-0.2, -0.15) is 0 Å². The minimum Gasteiger partial charge on any atom is -0.368 e. The number of hydrogen-bond acceptors (Lipinski definition) is 5. The van der Waals surface area contributed by atoms with Gasteiger partial charge in [0.1, 0.15) is 4.88 Å². The predicted octanol–water partition coefficient (Wildman–Crippen LogP) is 2.85. The molecule has 0 N–H and O–H groups in total. The van der Waals surface area contributed by atoms with Crippen LogP contribution < -0.4 is 4.90 Å². The van der Waals surface area contributed by atoms with Crippen molar-refractivity contribution in [3.8, 4) is 0 Å². The Morgan fingerprint density at radius 2 is 1.96 bits per heavy atom. The first-order valence-electron chi connectivity index (χ1n) is 7.95. The molecule has 0 saturated heterocycles. The Morgan fingerprint density at radius 3 is 2.58 bits per heavy atom. The number of hydrogen-bond donors (Lipinski definition) is 0.